The summed E-state index contributed by atoms with van der Waals surface area (Å²) in [5.41, 5.74) is 0. The van der Waals surface area contributed by atoms with Crippen molar-refractivity contribution in [1.82, 2.24) is 4.90 Å². The number of aryl methyl sites for hydroxylation is 1. The van der Waals surface area contributed by atoms with Crippen LogP contribution in [-0.4, -0.2) is 23.4 Å². The van der Waals surface area contributed by atoms with E-state index < -0.39 is 0 Å². The summed E-state index contributed by atoms with van der Waals surface area (Å²) in [6.07, 6.45) is 0. The molecular weight excluding hydrogens is 194 g/mol. The SMILES string of the molecule is CCN(C(=O)c1ccc(C)s1)C(C)C. The third kappa shape index (κ3) is 2.35. The quantitative estimate of drug-likeness (QED) is 0.752. The molecule has 0 saturated carbocycles. The molecule has 1 rings (SSSR count). The number of rotatable bonds is 3. The minimum atomic E-state index is 0.153. The van der Waals surface area contributed by atoms with Crippen LogP contribution in [0.3, 0.4) is 0 Å². The van der Waals surface area contributed by atoms with E-state index in [1.807, 2.05) is 44.7 Å². The molecular formula is C11H17NOS. The van der Waals surface area contributed by atoms with Gasteiger partial charge in [0.1, 0.15) is 0 Å². The second-order valence-electron chi connectivity index (χ2n) is 3.60. The minimum Gasteiger partial charge on any atom is -0.336 e. The lowest BCUT2D eigenvalue weighted by atomic mass is 10.3. The van der Waals surface area contributed by atoms with Crippen LogP contribution >= 0.6 is 11.3 Å². The van der Waals surface area contributed by atoms with Crippen molar-refractivity contribution in [2.45, 2.75) is 33.7 Å². The monoisotopic (exact) mass is 211 g/mol. The summed E-state index contributed by atoms with van der Waals surface area (Å²) in [7, 11) is 0. The molecule has 1 aromatic heterocycles. The van der Waals surface area contributed by atoms with Crippen LogP contribution in [-0.2, 0) is 0 Å². The Morgan fingerprint density at radius 2 is 2.14 bits per heavy atom. The van der Waals surface area contributed by atoms with Crippen LogP contribution in [0.4, 0.5) is 0 Å². The smallest absolute Gasteiger partial charge is 0.264 e. The molecule has 14 heavy (non-hydrogen) atoms. The Balaban J connectivity index is 2.83. The van der Waals surface area contributed by atoms with Crippen molar-refractivity contribution < 1.29 is 4.79 Å². The van der Waals surface area contributed by atoms with E-state index in [9.17, 15) is 4.79 Å². The fourth-order valence-electron chi connectivity index (χ4n) is 1.43. The molecule has 3 heteroatoms. The van der Waals surface area contributed by atoms with E-state index in [2.05, 4.69) is 0 Å². The molecule has 0 N–H and O–H groups in total. The zero-order valence-electron chi connectivity index (χ0n) is 9.20. The maximum Gasteiger partial charge on any atom is 0.264 e. The molecule has 0 atom stereocenters. The fraction of sp³-hybridized carbons (Fsp3) is 0.545. The van der Waals surface area contributed by atoms with Crippen molar-refractivity contribution in [3.05, 3.63) is 21.9 Å². The Morgan fingerprint density at radius 1 is 1.50 bits per heavy atom. The van der Waals surface area contributed by atoms with Crippen molar-refractivity contribution in [2.75, 3.05) is 6.54 Å². The molecule has 0 spiro atoms. The van der Waals surface area contributed by atoms with Gasteiger partial charge in [-0.2, -0.15) is 0 Å². The first-order chi connectivity index (χ1) is 6.56. The molecule has 78 valence electrons. The van der Waals surface area contributed by atoms with Crippen LogP contribution in [0.5, 0.6) is 0 Å². The van der Waals surface area contributed by atoms with Gasteiger partial charge in [-0.1, -0.05) is 0 Å². The Kier molecular flexibility index (Phi) is 3.69. The van der Waals surface area contributed by atoms with Gasteiger partial charge in [-0.15, -0.1) is 11.3 Å². The average Bonchev–Trinajstić information content (AvgIpc) is 2.52. The Bertz CT molecular complexity index is 317. The highest BCUT2D eigenvalue weighted by Crippen LogP contribution is 2.18. The molecule has 1 heterocycles. The van der Waals surface area contributed by atoms with Crippen LogP contribution in [0, 0.1) is 6.92 Å². The van der Waals surface area contributed by atoms with Crippen molar-refractivity contribution in [2.24, 2.45) is 0 Å². The van der Waals surface area contributed by atoms with E-state index in [-0.39, 0.29) is 11.9 Å². The van der Waals surface area contributed by atoms with Crippen molar-refractivity contribution in [3.63, 3.8) is 0 Å². The highest BCUT2D eigenvalue weighted by molar-refractivity contribution is 7.13. The third-order valence-electron chi connectivity index (χ3n) is 2.18. The zero-order valence-corrected chi connectivity index (χ0v) is 10.0. The standard InChI is InChI=1S/C11H17NOS/c1-5-12(8(2)3)11(13)10-7-6-9(4)14-10/h6-8H,5H2,1-4H3. The largest absolute Gasteiger partial charge is 0.336 e. The number of hydrogen-bond acceptors (Lipinski definition) is 2. The summed E-state index contributed by atoms with van der Waals surface area (Å²) in [4.78, 5) is 15.9. The number of carbonyl (C=O) groups excluding carboxylic acids is 1. The summed E-state index contributed by atoms with van der Waals surface area (Å²) >= 11 is 1.57. The van der Waals surface area contributed by atoms with E-state index in [0.717, 1.165) is 11.4 Å². The Morgan fingerprint density at radius 3 is 2.50 bits per heavy atom. The summed E-state index contributed by atoms with van der Waals surface area (Å²) in [5, 5.41) is 0. The maximum absolute atomic E-state index is 12.0. The lowest BCUT2D eigenvalue weighted by Gasteiger charge is -2.24. The van der Waals surface area contributed by atoms with E-state index in [0.29, 0.717) is 0 Å². The lowest BCUT2D eigenvalue weighted by Crippen LogP contribution is -2.36. The highest BCUT2D eigenvalue weighted by atomic mass is 32.1. The van der Waals surface area contributed by atoms with Crippen LogP contribution in [0.2, 0.25) is 0 Å². The number of carbonyl (C=O) groups is 1. The first-order valence-electron chi connectivity index (χ1n) is 4.93. The van der Waals surface area contributed by atoms with E-state index in [1.165, 1.54) is 4.88 Å². The highest BCUT2D eigenvalue weighted by Gasteiger charge is 2.17. The Hall–Kier alpha value is -0.830. The van der Waals surface area contributed by atoms with E-state index in [1.54, 1.807) is 11.3 Å². The fourth-order valence-corrected chi connectivity index (χ4v) is 2.26. The van der Waals surface area contributed by atoms with Gasteiger partial charge in [-0.25, -0.2) is 0 Å². The minimum absolute atomic E-state index is 0.153. The molecule has 0 aliphatic rings. The summed E-state index contributed by atoms with van der Waals surface area (Å²) in [6.45, 7) is 8.89. The second-order valence-corrected chi connectivity index (χ2v) is 4.88. The topological polar surface area (TPSA) is 20.3 Å². The van der Waals surface area contributed by atoms with Gasteiger partial charge in [0.05, 0.1) is 4.88 Å². The van der Waals surface area contributed by atoms with Crippen molar-refractivity contribution in [1.29, 1.82) is 0 Å². The van der Waals surface area contributed by atoms with Gasteiger partial charge in [-0.3, -0.25) is 4.79 Å². The molecule has 0 saturated heterocycles. The van der Waals surface area contributed by atoms with Gasteiger partial charge in [0.25, 0.3) is 5.91 Å². The lowest BCUT2D eigenvalue weighted by molar-refractivity contribution is 0.0722. The zero-order chi connectivity index (χ0) is 10.7. The van der Waals surface area contributed by atoms with Gasteiger partial charge in [-0.05, 0) is 39.8 Å². The summed E-state index contributed by atoms with van der Waals surface area (Å²) in [6, 6.07) is 4.18. The molecule has 1 aromatic rings. The van der Waals surface area contributed by atoms with Crippen molar-refractivity contribution in [3.8, 4) is 0 Å². The molecule has 0 fully saturated rings. The molecule has 0 aliphatic heterocycles. The normalized spacial score (nSPS) is 10.6. The Labute approximate surface area is 89.5 Å². The van der Waals surface area contributed by atoms with Crippen LogP contribution in [0.1, 0.15) is 35.3 Å². The van der Waals surface area contributed by atoms with Crippen LogP contribution in [0.15, 0.2) is 12.1 Å². The molecule has 1 amide bonds. The molecule has 0 unspecified atom stereocenters. The van der Waals surface area contributed by atoms with Gasteiger partial charge in [0, 0.05) is 17.5 Å². The molecule has 0 bridgehead atoms. The number of amides is 1. The first kappa shape index (κ1) is 11.2. The number of hydrogen-bond donors (Lipinski definition) is 0. The van der Waals surface area contributed by atoms with Gasteiger partial charge < -0.3 is 4.90 Å². The first-order valence-corrected chi connectivity index (χ1v) is 5.75. The van der Waals surface area contributed by atoms with E-state index in [4.69, 9.17) is 0 Å². The molecule has 0 radical (unpaired) electrons. The summed E-state index contributed by atoms with van der Waals surface area (Å²) < 4.78 is 0. The van der Waals surface area contributed by atoms with Crippen LogP contribution < -0.4 is 0 Å². The van der Waals surface area contributed by atoms with E-state index >= 15 is 0 Å². The predicted octanol–water partition coefficient (Wildman–Crippen LogP) is 2.93. The maximum atomic E-state index is 12.0. The molecule has 0 aromatic carbocycles. The summed E-state index contributed by atoms with van der Waals surface area (Å²) in [5.74, 6) is 0.153. The third-order valence-corrected chi connectivity index (χ3v) is 3.16. The van der Waals surface area contributed by atoms with Gasteiger partial charge >= 0.3 is 0 Å². The average molecular weight is 211 g/mol. The molecule has 2 nitrogen and oxygen atoms in total. The van der Waals surface area contributed by atoms with Gasteiger partial charge in [0.2, 0.25) is 0 Å². The molecule has 0 aliphatic carbocycles. The number of nitrogens with zero attached hydrogens (tertiary/aromatic N) is 1. The number of thiophene rings is 1. The van der Waals surface area contributed by atoms with Crippen LogP contribution in [0.25, 0.3) is 0 Å². The van der Waals surface area contributed by atoms with Gasteiger partial charge in [0.15, 0.2) is 0 Å². The van der Waals surface area contributed by atoms with Crippen molar-refractivity contribution >= 4 is 17.2 Å². The second kappa shape index (κ2) is 4.60. The predicted molar refractivity (Wildman–Crippen MR) is 60.9 cm³/mol.